The lowest BCUT2D eigenvalue weighted by atomic mass is 9.79. The standard InChI is InChI=1S/C48H40BN3O2/c1-47(2)48(3,4)54-49(53-47)33-23-25-36(26-24-33)50(37-27-29-45-41(31-37)39-19-11-13-21-43(39)51(45)34-15-7-5-8-16-34)38-28-30-46-42(32-38)40-20-12-14-22-44(40)52(46)35-17-9-6-10-18-35/h5-32H,1-4H3. The number of benzene rings is 7. The van der Waals surface area contributed by atoms with Crippen molar-refractivity contribution in [2.45, 2.75) is 38.9 Å². The summed E-state index contributed by atoms with van der Waals surface area (Å²) < 4.78 is 17.6. The van der Waals surface area contributed by atoms with E-state index in [-0.39, 0.29) is 0 Å². The van der Waals surface area contributed by atoms with E-state index in [1.807, 2.05) is 0 Å². The number of anilines is 3. The lowest BCUT2D eigenvalue weighted by Gasteiger charge is -2.32. The predicted molar refractivity (Wildman–Crippen MR) is 226 cm³/mol. The number of fused-ring (bicyclic) bond motifs is 6. The van der Waals surface area contributed by atoms with Gasteiger partial charge in [0, 0.05) is 50.0 Å². The number of rotatable bonds is 6. The second-order valence-electron chi connectivity index (χ2n) is 15.3. The maximum absolute atomic E-state index is 6.44. The van der Waals surface area contributed by atoms with Crippen LogP contribution in [0.2, 0.25) is 0 Å². The van der Waals surface area contributed by atoms with Gasteiger partial charge < -0.3 is 23.3 Å². The zero-order valence-corrected chi connectivity index (χ0v) is 30.9. The minimum atomic E-state index is -0.432. The third-order valence-electron chi connectivity index (χ3n) is 11.5. The molecule has 0 atom stereocenters. The highest BCUT2D eigenvalue weighted by molar-refractivity contribution is 6.62. The van der Waals surface area contributed by atoms with Crippen LogP contribution in [0.3, 0.4) is 0 Å². The summed E-state index contributed by atoms with van der Waals surface area (Å²) in [4.78, 5) is 2.37. The van der Waals surface area contributed by atoms with Gasteiger partial charge in [0.2, 0.25) is 0 Å². The molecule has 1 saturated heterocycles. The van der Waals surface area contributed by atoms with Gasteiger partial charge in [-0.2, -0.15) is 0 Å². The lowest BCUT2D eigenvalue weighted by Crippen LogP contribution is -2.41. The smallest absolute Gasteiger partial charge is 0.399 e. The Hall–Kier alpha value is -6.08. The van der Waals surface area contributed by atoms with Crippen LogP contribution in [0.1, 0.15) is 27.7 Å². The van der Waals surface area contributed by atoms with E-state index in [4.69, 9.17) is 9.31 Å². The van der Waals surface area contributed by atoms with Gasteiger partial charge in [-0.05, 0) is 118 Å². The summed E-state index contributed by atoms with van der Waals surface area (Å²) in [7, 11) is -0.432. The second-order valence-corrected chi connectivity index (χ2v) is 15.3. The minimum absolute atomic E-state index is 0.412. The van der Waals surface area contributed by atoms with Crippen molar-refractivity contribution in [2.24, 2.45) is 0 Å². The Morgan fingerprint density at radius 2 is 0.796 bits per heavy atom. The summed E-state index contributed by atoms with van der Waals surface area (Å²) in [5.74, 6) is 0. The molecule has 5 nitrogen and oxygen atoms in total. The lowest BCUT2D eigenvalue weighted by molar-refractivity contribution is 0.00578. The molecular weight excluding hydrogens is 661 g/mol. The van der Waals surface area contributed by atoms with E-state index in [0.717, 1.165) is 33.9 Å². The predicted octanol–water partition coefficient (Wildman–Crippen LogP) is 11.6. The minimum Gasteiger partial charge on any atom is -0.399 e. The SMILES string of the molecule is CC1(C)OB(c2ccc(N(c3ccc4c(c3)c3ccccc3n4-c3ccccc3)c3ccc4c(c3)c3ccccc3n4-c3ccccc3)cc2)OC1(C)C. The molecule has 0 saturated carbocycles. The van der Waals surface area contributed by atoms with E-state index >= 15 is 0 Å². The van der Waals surface area contributed by atoms with Gasteiger partial charge in [-0.25, -0.2) is 0 Å². The van der Waals surface area contributed by atoms with Crippen molar-refractivity contribution >= 4 is 73.3 Å². The fourth-order valence-corrected chi connectivity index (χ4v) is 8.12. The summed E-state index contributed by atoms with van der Waals surface area (Å²) in [6.45, 7) is 8.38. The van der Waals surface area contributed by atoms with Crippen molar-refractivity contribution < 1.29 is 9.31 Å². The van der Waals surface area contributed by atoms with Crippen molar-refractivity contribution in [3.8, 4) is 11.4 Å². The topological polar surface area (TPSA) is 31.6 Å². The molecule has 10 rings (SSSR count). The van der Waals surface area contributed by atoms with Crippen LogP contribution in [0.5, 0.6) is 0 Å². The molecule has 0 radical (unpaired) electrons. The van der Waals surface area contributed by atoms with Crippen LogP contribution in [-0.4, -0.2) is 27.5 Å². The quantitative estimate of drug-likeness (QED) is 0.162. The Morgan fingerprint density at radius 1 is 0.407 bits per heavy atom. The molecule has 7 aromatic carbocycles. The molecule has 0 amide bonds. The number of para-hydroxylation sites is 4. The summed E-state index contributed by atoms with van der Waals surface area (Å²) >= 11 is 0. The van der Waals surface area contributed by atoms with E-state index in [1.165, 1.54) is 43.6 Å². The largest absolute Gasteiger partial charge is 0.494 e. The molecule has 1 fully saturated rings. The first-order valence-corrected chi connectivity index (χ1v) is 18.7. The average Bonchev–Trinajstić information content (AvgIpc) is 3.79. The summed E-state index contributed by atoms with van der Waals surface area (Å²) in [6.07, 6.45) is 0. The van der Waals surface area contributed by atoms with Gasteiger partial charge in [0.1, 0.15) is 0 Å². The molecule has 1 aliphatic rings. The normalized spacial score (nSPS) is 15.1. The van der Waals surface area contributed by atoms with Crippen LogP contribution < -0.4 is 10.4 Å². The zero-order valence-electron chi connectivity index (χ0n) is 30.9. The molecule has 2 aromatic heterocycles. The Kier molecular flexibility index (Phi) is 7.38. The third-order valence-corrected chi connectivity index (χ3v) is 11.5. The van der Waals surface area contributed by atoms with E-state index in [0.29, 0.717) is 0 Å². The van der Waals surface area contributed by atoms with Crippen LogP contribution in [-0.2, 0) is 9.31 Å². The highest BCUT2D eigenvalue weighted by Crippen LogP contribution is 2.43. The summed E-state index contributed by atoms with van der Waals surface area (Å²) in [5.41, 5.74) is 10.4. The molecule has 54 heavy (non-hydrogen) atoms. The van der Waals surface area contributed by atoms with E-state index in [1.54, 1.807) is 0 Å². The molecule has 0 spiro atoms. The maximum atomic E-state index is 6.44. The molecular formula is C48H40BN3O2. The van der Waals surface area contributed by atoms with Crippen molar-refractivity contribution in [3.05, 3.63) is 170 Å². The first kappa shape index (κ1) is 32.6. The van der Waals surface area contributed by atoms with E-state index < -0.39 is 18.3 Å². The molecule has 0 unspecified atom stereocenters. The molecule has 0 bridgehead atoms. The van der Waals surface area contributed by atoms with Crippen LogP contribution in [0.25, 0.3) is 55.0 Å². The van der Waals surface area contributed by atoms with Crippen molar-refractivity contribution in [1.29, 1.82) is 0 Å². The Bertz CT molecular complexity index is 2670. The first-order chi connectivity index (χ1) is 26.3. The fraction of sp³-hybridized carbons (Fsp3) is 0.125. The van der Waals surface area contributed by atoms with E-state index in [2.05, 4.69) is 212 Å². The van der Waals surface area contributed by atoms with Gasteiger partial charge >= 0.3 is 7.12 Å². The van der Waals surface area contributed by atoms with Gasteiger partial charge in [0.05, 0.1) is 33.3 Å². The van der Waals surface area contributed by atoms with Gasteiger partial charge in [-0.3, -0.25) is 0 Å². The van der Waals surface area contributed by atoms with Crippen LogP contribution in [0, 0.1) is 0 Å². The Morgan fingerprint density at radius 3 is 1.26 bits per heavy atom. The molecule has 0 N–H and O–H groups in total. The first-order valence-electron chi connectivity index (χ1n) is 18.7. The average molecular weight is 702 g/mol. The van der Waals surface area contributed by atoms with Gasteiger partial charge in [0.25, 0.3) is 0 Å². The van der Waals surface area contributed by atoms with Crippen molar-refractivity contribution in [1.82, 2.24) is 9.13 Å². The van der Waals surface area contributed by atoms with Gasteiger partial charge in [0.15, 0.2) is 0 Å². The molecule has 0 aliphatic carbocycles. The van der Waals surface area contributed by atoms with Gasteiger partial charge in [-0.15, -0.1) is 0 Å². The third kappa shape index (κ3) is 5.09. The zero-order chi connectivity index (χ0) is 36.6. The molecule has 262 valence electrons. The number of nitrogens with zero attached hydrogens (tertiary/aromatic N) is 3. The molecule has 3 heterocycles. The van der Waals surface area contributed by atoms with Crippen LogP contribution in [0.4, 0.5) is 17.1 Å². The second kappa shape index (κ2) is 12.2. The highest BCUT2D eigenvalue weighted by Gasteiger charge is 2.51. The Labute approximate surface area is 315 Å². The summed E-state index contributed by atoms with van der Waals surface area (Å²) in [5, 5.41) is 4.84. The van der Waals surface area contributed by atoms with Crippen LogP contribution in [0.15, 0.2) is 170 Å². The molecule has 9 aromatic rings. The maximum Gasteiger partial charge on any atom is 0.494 e. The fourth-order valence-electron chi connectivity index (χ4n) is 8.12. The van der Waals surface area contributed by atoms with Crippen molar-refractivity contribution in [2.75, 3.05) is 4.90 Å². The summed E-state index contributed by atoms with van der Waals surface area (Å²) in [6, 6.07) is 61.0. The van der Waals surface area contributed by atoms with Gasteiger partial charge in [-0.1, -0.05) is 84.9 Å². The van der Waals surface area contributed by atoms with Crippen LogP contribution >= 0.6 is 0 Å². The number of hydrogen-bond donors (Lipinski definition) is 0. The number of hydrogen-bond acceptors (Lipinski definition) is 3. The number of aromatic nitrogens is 2. The van der Waals surface area contributed by atoms with E-state index in [9.17, 15) is 0 Å². The Balaban J connectivity index is 1.17. The molecule has 6 heteroatoms. The molecule has 1 aliphatic heterocycles. The monoisotopic (exact) mass is 701 g/mol. The highest BCUT2D eigenvalue weighted by atomic mass is 16.7. The van der Waals surface area contributed by atoms with Crippen molar-refractivity contribution in [3.63, 3.8) is 0 Å².